The number of aromatic nitrogens is 2. The lowest BCUT2D eigenvalue weighted by molar-refractivity contribution is -0.127. The van der Waals surface area contributed by atoms with Gasteiger partial charge in [0.05, 0.1) is 0 Å². The molecule has 1 amide bonds. The molecule has 0 spiro atoms. The molecule has 0 saturated carbocycles. The third kappa shape index (κ3) is 2.01. The molecule has 0 N–H and O–H groups in total. The van der Waals surface area contributed by atoms with Gasteiger partial charge >= 0.3 is 0 Å². The smallest absolute Gasteiger partial charge is 0.245 e. The minimum atomic E-state index is 0.0268. The lowest BCUT2D eigenvalue weighted by Gasteiger charge is -2.31. The van der Waals surface area contributed by atoms with Crippen molar-refractivity contribution in [2.24, 2.45) is 7.05 Å². The van der Waals surface area contributed by atoms with Crippen molar-refractivity contribution in [1.29, 1.82) is 0 Å². The summed E-state index contributed by atoms with van der Waals surface area (Å²) in [7, 11) is 2.00. The van der Waals surface area contributed by atoms with E-state index >= 15 is 0 Å². The van der Waals surface area contributed by atoms with Gasteiger partial charge < -0.3 is 9.47 Å². The predicted molar refractivity (Wildman–Crippen MR) is 62.0 cm³/mol. The molecule has 1 aliphatic heterocycles. The number of rotatable bonds is 2. The van der Waals surface area contributed by atoms with Gasteiger partial charge in [-0.3, -0.25) is 4.79 Å². The summed E-state index contributed by atoms with van der Waals surface area (Å²) in [6, 6.07) is 0. The van der Waals surface area contributed by atoms with Gasteiger partial charge in [0.15, 0.2) is 0 Å². The molecule has 0 aliphatic carbocycles. The first kappa shape index (κ1) is 10.9. The number of imidazole rings is 1. The van der Waals surface area contributed by atoms with E-state index in [9.17, 15) is 4.79 Å². The lowest BCUT2D eigenvalue weighted by atomic mass is 9.97. The van der Waals surface area contributed by atoms with E-state index in [2.05, 4.69) is 11.6 Å². The Hall–Kier alpha value is -1.58. The van der Waals surface area contributed by atoms with Gasteiger partial charge in [-0.25, -0.2) is 4.98 Å². The van der Waals surface area contributed by atoms with E-state index in [1.165, 1.54) is 6.08 Å². The van der Waals surface area contributed by atoms with Gasteiger partial charge in [0.25, 0.3) is 0 Å². The summed E-state index contributed by atoms with van der Waals surface area (Å²) in [6.07, 6.45) is 7.29. The van der Waals surface area contributed by atoms with E-state index in [0.717, 1.165) is 31.8 Å². The fourth-order valence-electron chi connectivity index (χ4n) is 2.29. The number of carbonyl (C=O) groups is 1. The monoisotopic (exact) mass is 219 g/mol. The molecule has 86 valence electrons. The van der Waals surface area contributed by atoms with E-state index in [1.54, 1.807) is 0 Å². The highest BCUT2D eigenvalue weighted by Gasteiger charge is 2.25. The summed E-state index contributed by atoms with van der Waals surface area (Å²) in [5.74, 6) is 1.46. The van der Waals surface area contributed by atoms with Crippen LogP contribution in [0.15, 0.2) is 25.0 Å². The maximum absolute atomic E-state index is 11.5. The molecule has 1 aliphatic rings. The Labute approximate surface area is 95.6 Å². The molecule has 1 unspecified atom stereocenters. The van der Waals surface area contributed by atoms with Gasteiger partial charge in [0.1, 0.15) is 5.82 Å². The van der Waals surface area contributed by atoms with Crippen molar-refractivity contribution in [2.45, 2.75) is 18.8 Å². The normalized spacial score (nSPS) is 20.8. The first-order chi connectivity index (χ1) is 7.72. The van der Waals surface area contributed by atoms with E-state index in [-0.39, 0.29) is 5.91 Å². The molecule has 4 heteroatoms. The molecule has 16 heavy (non-hydrogen) atoms. The molecular formula is C12H17N3O. The second-order valence-corrected chi connectivity index (χ2v) is 4.22. The third-order valence-electron chi connectivity index (χ3n) is 3.13. The third-order valence-corrected chi connectivity index (χ3v) is 3.13. The number of amides is 1. The molecular weight excluding hydrogens is 202 g/mol. The highest BCUT2D eigenvalue weighted by Crippen LogP contribution is 2.25. The molecule has 1 fully saturated rings. The Balaban J connectivity index is 2.10. The fourth-order valence-corrected chi connectivity index (χ4v) is 2.29. The molecule has 0 bridgehead atoms. The van der Waals surface area contributed by atoms with Crippen LogP contribution in [-0.2, 0) is 11.8 Å². The maximum atomic E-state index is 11.5. The Bertz CT molecular complexity index is 397. The van der Waals surface area contributed by atoms with Crippen molar-refractivity contribution < 1.29 is 4.79 Å². The molecule has 1 atom stereocenters. The highest BCUT2D eigenvalue weighted by atomic mass is 16.2. The number of hydrogen-bond donors (Lipinski definition) is 0. The average Bonchev–Trinajstić information content (AvgIpc) is 2.74. The van der Waals surface area contributed by atoms with E-state index in [0.29, 0.717) is 5.92 Å². The van der Waals surface area contributed by atoms with Gasteiger partial charge in [-0.2, -0.15) is 0 Å². The number of nitrogens with zero attached hydrogens (tertiary/aromatic N) is 3. The van der Waals surface area contributed by atoms with Crippen molar-refractivity contribution in [2.75, 3.05) is 13.1 Å². The highest BCUT2D eigenvalue weighted by molar-refractivity contribution is 5.87. The maximum Gasteiger partial charge on any atom is 0.245 e. The van der Waals surface area contributed by atoms with Crippen molar-refractivity contribution in [1.82, 2.24) is 14.5 Å². The second-order valence-electron chi connectivity index (χ2n) is 4.22. The molecule has 1 aromatic heterocycles. The van der Waals surface area contributed by atoms with E-state index in [4.69, 9.17) is 0 Å². The van der Waals surface area contributed by atoms with Crippen LogP contribution in [0.3, 0.4) is 0 Å². The summed E-state index contributed by atoms with van der Waals surface area (Å²) < 4.78 is 2.03. The molecule has 0 radical (unpaired) electrons. The van der Waals surface area contributed by atoms with Gasteiger partial charge in [0.2, 0.25) is 5.91 Å². The van der Waals surface area contributed by atoms with Crippen molar-refractivity contribution >= 4 is 5.91 Å². The number of likely N-dealkylation sites (tertiary alicyclic amines) is 1. The van der Waals surface area contributed by atoms with Gasteiger partial charge in [-0.05, 0) is 18.9 Å². The van der Waals surface area contributed by atoms with Crippen LogP contribution in [0, 0.1) is 0 Å². The topological polar surface area (TPSA) is 38.1 Å². The first-order valence-corrected chi connectivity index (χ1v) is 5.61. The van der Waals surface area contributed by atoms with Crippen LogP contribution in [0.5, 0.6) is 0 Å². The fraction of sp³-hybridized carbons (Fsp3) is 0.500. The second kappa shape index (κ2) is 4.51. The van der Waals surface area contributed by atoms with E-state index in [1.807, 2.05) is 28.9 Å². The van der Waals surface area contributed by atoms with E-state index < -0.39 is 0 Å². The zero-order valence-corrected chi connectivity index (χ0v) is 9.59. The largest absolute Gasteiger partial charge is 0.338 e. The standard InChI is InChI=1S/C12H17N3O/c1-3-11(16)15-7-4-5-10(9-15)12-13-6-8-14(12)2/h3,6,8,10H,1,4-5,7,9H2,2H3. The quantitative estimate of drug-likeness (QED) is 0.703. The number of piperidine rings is 1. The zero-order chi connectivity index (χ0) is 11.5. The van der Waals surface area contributed by atoms with Crippen molar-refractivity contribution in [3.8, 4) is 0 Å². The Morgan fingerprint density at radius 3 is 3.12 bits per heavy atom. The summed E-state index contributed by atoms with van der Waals surface area (Å²) in [5, 5.41) is 0. The van der Waals surface area contributed by atoms with Crippen LogP contribution in [0.25, 0.3) is 0 Å². The molecule has 2 rings (SSSR count). The van der Waals surface area contributed by atoms with Crippen LogP contribution >= 0.6 is 0 Å². The molecule has 1 saturated heterocycles. The minimum absolute atomic E-state index is 0.0268. The number of carbonyl (C=O) groups excluding carboxylic acids is 1. The average molecular weight is 219 g/mol. The Kier molecular flexibility index (Phi) is 3.08. The predicted octanol–water partition coefficient (Wildman–Crippen LogP) is 1.31. The molecule has 4 nitrogen and oxygen atoms in total. The van der Waals surface area contributed by atoms with Gasteiger partial charge in [-0.1, -0.05) is 6.58 Å². The van der Waals surface area contributed by atoms with Gasteiger partial charge in [-0.15, -0.1) is 0 Å². The molecule has 0 aromatic carbocycles. The number of hydrogen-bond acceptors (Lipinski definition) is 2. The Morgan fingerprint density at radius 1 is 1.69 bits per heavy atom. The molecule has 1 aromatic rings. The Morgan fingerprint density at radius 2 is 2.50 bits per heavy atom. The van der Waals surface area contributed by atoms with Crippen LogP contribution in [0.1, 0.15) is 24.6 Å². The zero-order valence-electron chi connectivity index (χ0n) is 9.59. The van der Waals surface area contributed by atoms with Gasteiger partial charge in [0, 0.05) is 38.4 Å². The number of aryl methyl sites for hydroxylation is 1. The first-order valence-electron chi connectivity index (χ1n) is 5.61. The van der Waals surface area contributed by atoms with Crippen LogP contribution in [-0.4, -0.2) is 33.4 Å². The van der Waals surface area contributed by atoms with Crippen molar-refractivity contribution in [3.63, 3.8) is 0 Å². The summed E-state index contributed by atoms with van der Waals surface area (Å²) in [4.78, 5) is 17.8. The van der Waals surface area contributed by atoms with Crippen molar-refractivity contribution in [3.05, 3.63) is 30.9 Å². The summed E-state index contributed by atoms with van der Waals surface area (Å²) >= 11 is 0. The van der Waals surface area contributed by atoms with Crippen LogP contribution in [0.4, 0.5) is 0 Å². The molecule has 2 heterocycles. The lowest BCUT2D eigenvalue weighted by Crippen LogP contribution is -2.38. The SMILES string of the molecule is C=CC(=O)N1CCCC(c2nccn2C)C1. The summed E-state index contributed by atoms with van der Waals surface area (Å²) in [6.45, 7) is 5.13. The minimum Gasteiger partial charge on any atom is -0.338 e. The van der Waals surface area contributed by atoms with Crippen LogP contribution in [0.2, 0.25) is 0 Å². The van der Waals surface area contributed by atoms with Crippen LogP contribution < -0.4 is 0 Å². The summed E-state index contributed by atoms with van der Waals surface area (Å²) in [5.41, 5.74) is 0.